The van der Waals surface area contributed by atoms with E-state index >= 15 is 0 Å². The molecular weight excluding hydrogens is 398 g/mol. The lowest BCUT2D eigenvalue weighted by molar-refractivity contribution is -0.126. The smallest absolute Gasteiger partial charge is 0.387 e. The van der Waals surface area contributed by atoms with Crippen molar-refractivity contribution in [3.8, 4) is 11.5 Å². The lowest BCUT2D eigenvalue weighted by Gasteiger charge is -2.31. The van der Waals surface area contributed by atoms with Crippen molar-refractivity contribution in [1.82, 2.24) is 10.2 Å². The highest BCUT2D eigenvalue weighted by atomic mass is 19.3. The van der Waals surface area contributed by atoms with Gasteiger partial charge in [0.25, 0.3) is 5.91 Å². The Balaban J connectivity index is 1.45. The lowest BCUT2D eigenvalue weighted by Crippen LogP contribution is -2.43. The first-order chi connectivity index (χ1) is 14.5. The Hall–Kier alpha value is -3.10. The van der Waals surface area contributed by atoms with Gasteiger partial charge in [0.15, 0.2) is 11.5 Å². The number of piperidine rings is 1. The van der Waals surface area contributed by atoms with E-state index in [-0.39, 0.29) is 29.2 Å². The molecule has 1 aliphatic rings. The van der Waals surface area contributed by atoms with Gasteiger partial charge in [0, 0.05) is 25.6 Å². The maximum atomic E-state index is 12.5. The van der Waals surface area contributed by atoms with Crippen LogP contribution >= 0.6 is 0 Å². The molecule has 162 valence electrons. The second-order valence-corrected chi connectivity index (χ2v) is 6.98. The highest BCUT2D eigenvalue weighted by Crippen LogP contribution is 2.29. The fourth-order valence-corrected chi connectivity index (χ4v) is 3.45. The first-order valence-corrected chi connectivity index (χ1v) is 9.69. The number of amides is 2. The van der Waals surface area contributed by atoms with Crippen LogP contribution in [-0.4, -0.2) is 50.1 Å². The fraction of sp³-hybridized carbons (Fsp3) is 0.429. The van der Waals surface area contributed by atoms with Gasteiger partial charge in [0.1, 0.15) is 6.26 Å². The molecule has 0 radical (unpaired) electrons. The molecule has 2 amide bonds. The SMILES string of the molecule is COc1ccc(CCNC(=O)C2CCN(C(=O)c3ccoc3)CC2)cc1OC(F)F. The van der Waals surface area contributed by atoms with E-state index in [1.54, 1.807) is 23.1 Å². The number of ether oxygens (including phenoxy) is 2. The minimum atomic E-state index is -2.94. The van der Waals surface area contributed by atoms with E-state index in [0.29, 0.717) is 44.5 Å². The Morgan fingerprint density at radius 3 is 2.63 bits per heavy atom. The summed E-state index contributed by atoms with van der Waals surface area (Å²) in [6.45, 7) is -1.56. The molecule has 0 spiro atoms. The van der Waals surface area contributed by atoms with E-state index < -0.39 is 6.61 Å². The second kappa shape index (κ2) is 10.1. The molecule has 0 aliphatic carbocycles. The maximum Gasteiger partial charge on any atom is 0.387 e. The average Bonchev–Trinajstić information content (AvgIpc) is 3.28. The number of nitrogens with zero attached hydrogens (tertiary/aromatic N) is 1. The standard InChI is InChI=1S/C21H24F2N2O5/c1-28-17-3-2-14(12-18(17)30-21(22)23)4-8-24-19(26)15-5-9-25(10-6-15)20(27)16-7-11-29-13-16/h2-3,7,11-13,15,21H,4-6,8-10H2,1H3,(H,24,26). The number of likely N-dealkylation sites (tertiary alicyclic amines) is 1. The molecule has 1 N–H and O–H groups in total. The normalized spacial score (nSPS) is 14.6. The monoisotopic (exact) mass is 422 g/mol. The van der Waals surface area contributed by atoms with Crippen molar-refractivity contribution in [2.45, 2.75) is 25.9 Å². The minimum absolute atomic E-state index is 0.0361. The summed E-state index contributed by atoms with van der Waals surface area (Å²) in [5, 5.41) is 2.88. The third-order valence-corrected chi connectivity index (χ3v) is 5.08. The van der Waals surface area contributed by atoms with E-state index in [9.17, 15) is 18.4 Å². The number of hydrogen-bond donors (Lipinski definition) is 1. The Bertz CT molecular complexity index is 849. The van der Waals surface area contributed by atoms with E-state index in [4.69, 9.17) is 9.15 Å². The largest absolute Gasteiger partial charge is 0.493 e. The maximum absolute atomic E-state index is 12.5. The number of hydrogen-bond acceptors (Lipinski definition) is 5. The van der Waals surface area contributed by atoms with Crippen LogP contribution < -0.4 is 14.8 Å². The lowest BCUT2D eigenvalue weighted by atomic mass is 9.95. The Morgan fingerprint density at radius 2 is 2.00 bits per heavy atom. The number of nitrogens with one attached hydrogen (secondary N) is 1. The van der Waals surface area contributed by atoms with Crippen molar-refractivity contribution in [3.05, 3.63) is 47.9 Å². The number of carbonyl (C=O) groups is 2. The number of alkyl halides is 2. The van der Waals surface area contributed by atoms with Gasteiger partial charge in [-0.1, -0.05) is 6.07 Å². The van der Waals surface area contributed by atoms with Gasteiger partial charge in [-0.15, -0.1) is 0 Å². The van der Waals surface area contributed by atoms with Crippen LogP contribution in [-0.2, 0) is 11.2 Å². The summed E-state index contributed by atoms with van der Waals surface area (Å²) < 4.78 is 39.5. The van der Waals surface area contributed by atoms with Crippen LogP contribution in [0.3, 0.4) is 0 Å². The fourth-order valence-electron chi connectivity index (χ4n) is 3.45. The first kappa shape index (κ1) is 21.6. The van der Waals surface area contributed by atoms with Crippen molar-refractivity contribution in [1.29, 1.82) is 0 Å². The molecule has 0 bridgehead atoms. The third-order valence-electron chi connectivity index (χ3n) is 5.08. The molecule has 1 fully saturated rings. The van der Waals surface area contributed by atoms with E-state index in [0.717, 1.165) is 5.56 Å². The molecule has 2 heterocycles. The molecule has 1 aromatic heterocycles. The minimum Gasteiger partial charge on any atom is -0.493 e. The van der Waals surface area contributed by atoms with Gasteiger partial charge in [-0.05, 0) is 43.0 Å². The third kappa shape index (κ3) is 5.49. The number of methoxy groups -OCH3 is 1. The van der Waals surface area contributed by atoms with Gasteiger partial charge in [-0.3, -0.25) is 9.59 Å². The predicted octanol–water partition coefficient (Wildman–Crippen LogP) is 3.10. The highest BCUT2D eigenvalue weighted by Gasteiger charge is 2.28. The molecule has 7 nitrogen and oxygen atoms in total. The van der Waals surface area contributed by atoms with Crippen molar-refractivity contribution in [2.75, 3.05) is 26.7 Å². The molecule has 30 heavy (non-hydrogen) atoms. The number of furan rings is 1. The van der Waals surface area contributed by atoms with E-state index in [2.05, 4.69) is 10.1 Å². The molecule has 1 aliphatic heterocycles. The summed E-state index contributed by atoms with van der Waals surface area (Å²) in [7, 11) is 1.38. The summed E-state index contributed by atoms with van der Waals surface area (Å²) in [6.07, 6.45) is 4.51. The van der Waals surface area contributed by atoms with Crippen molar-refractivity contribution in [3.63, 3.8) is 0 Å². The van der Waals surface area contributed by atoms with Gasteiger partial charge < -0.3 is 24.1 Å². The van der Waals surface area contributed by atoms with E-state index in [1.165, 1.54) is 25.7 Å². The Morgan fingerprint density at radius 1 is 1.23 bits per heavy atom. The summed E-state index contributed by atoms with van der Waals surface area (Å²) in [5.74, 6) is -0.135. The number of benzene rings is 1. The molecule has 1 aromatic carbocycles. The second-order valence-electron chi connectivity index (χ2n) is 6.98. The molecule has 0 unspecified atom stereocenters. The quantitative estimate of drug-likeness (QED) is 0.707. The van der Waals surface area contributed by atoms with Crippen LogP contribution in [0.2, 0.25) is 0 Å². The summed E-state index contributed by atoms with van der Waals surface area (Å²) in [6, 6.07) is 6.40. The van der Waals surface area contributed by atoms with Gasteiger partial charge >= 0.3 is 6.61 Å². The van der Waals surface area contributed by atoms with Crippen LogP contribution in [0.4, 0.5) is 8.78 Å². The molecule has 0 saturated carbocycles. The van der Waals surface area contributed by atoms with Crippen molar-refractivity contribution >= 4 is 11.8 Å². The van der Waals surface area contributed by atoms with Crippen LogP contribution in [0.15, 0.2) is 41.2 Å². The van der Waals surface area contributed by atoms with Crippen LogP contribution in [0, 0.1) is 5.92 Å². The molecule has 3 rings (SSSR count). The average molecular weight is 422 g/mol. The molecule has 2 aromatic rings. The molecule has 1 saturated heterocycles. The zero-order chi connectivity index (χ0) is 21.5. The number of rotatable bonds is 8. The Labute approximate surface area is 172 Å². The zero-order valence-corrected chi connectivity index (χ0v) is 16.6. The zero-order valence-electron chi connectivity index (χ0n) is 16.6. The topological polar surface area (TPSA) is 81.0 Å². The predicted molar refractivity (Wildman–Crippen MR) is 104 cm³/mol. The van der Waals surface area contributed by atoms with Crippen molar-refractivity contribution in [2.24, 2.45) is 5.92 Å². The molecule has 0 atom stereocenters. The summed E-state index contributed by atoms with van der Waals surface area (Å²) in [5.41, 5.74) is 1.25. The van der Waals surface area contributed by atoms with E-state index in [1.807, 2.05) is 0 Å². The van der Waals surface area contributed by atoms with Crippen LogP contribution in [0.25, 0.3) is 0 Å². The van der Waals surface area contributed by atoms with Crippen LogP contribution in [0.5, 0.6) is 11.5 Å². The number of carbonyl (C=O) groups excluding carboxylic acids is 2. The highest BCUT2D eigenvalue weighted by molar-refractivity contribution is 5.94. The summed E-state index contributed by atoms with van der Waals surface area (Å²) in [4.78, 5) is 26.5. The molecule has 9 heteroatoms. The Kier molecular flexibility index (Phi) is 7.26. The number of halogens is 2. The summed E-state index contributed by atoms with van der Waals surface area (Å²) >= 11 is 0. The van der Waals surface area contributed by atoms with Crippen LogP contribution in [0.1, 0.15) is 28.8 Å². The first-order valence-electron chi connectivity index (χ1n) is 9.69. The van der Waals surface area contributed by atoms with Gasteiger partial charge in [-0.25, -0.2) is 0 Å². The molecular formula is C21H24F2N2O5. The van der Waals surface area contributed by atoms with Gasteiger partial charge in [0.05, 0.1) is 18.9 Å². The van der Waals surface area contributed by atoms with Crippen molar-refractivity contribution < 1.29 is 32.3 Å². The van der Waals surface area contributed by atoms with Gasteiger partial charge in [-0.2, -0.15) is 8.78 Å². The van der Waals surface area contributed by atoms with Gasteiger partial charge in [0.2, 0.25) is 5.91 Å².